The number of anilines is 1. The second-order valence-electron chi connectivity index (χ2n) is 7.83. The highest BCUT2D eigenvalue weighted by atomic mass is 16.2. The van der Waals surface area contributed by atoms with Crippen molar-refractivity contribution < 1.29 is 14.4 Å². The fourth-order valence-corrected chi connectivity index (χ4v) is 4.12. The number of aliphatic imine (C=N–C) groups is 1. The van der Waals surface area contributed by atoms with Crippen LogP contribution < -0.4 is 16.0 Å². The molecule has 1 aliphatic carbocycles. The minimum atomic E-state index is -0.483. The van der Waals surface area contributed by atoms with E-state index in [-0.39, 0.29) is 48.9 Å². The van der Waals surface area contributed by atoms with Gasteiger partial charge in [-0.1, -0.05) is 12.1 Å². The van der Waals surface area contributed by atoms with Crippen molar-refractivity contribution in [3.05, 3.63) is 35.4 Å². The maximum Gasteiger partial charge on any atom is 0.290 e. The average molecular weight is 405 g/mol. The molecule has 2 aliphatic heterocycles. The summed E-state index contributed by atoms with van der Waals surface area (Å²) < 4.78 is 0. The Labute approximate surface area is 174 Å². The normalized spacial score (nSPS) is 21.8. The van der Waals surface area contributed by atoms with Crippen LogP contribution in [0.3, 0.4) is 0 Å². The number of nitriles is 1. The SMILES string of the molecule is N#CC1CN=C(C(=O)Nc2ccc(C3CC(=O)NC(=O)C3)cc2C2=CCCCC2)N1. The molecule has 0 bridgehead atoms. The zero-order valence-electron chi connectivity index (χ0n) is 16.5. The third-order valence-corrected chi connectivity index (χ3v) is 5.66. The fourth-order valence-electron chi connectivity index (χ4n) is 4.12. The number of carbonyl (C=O) groups excluding carboxylic acids is 3. The van der Waals surface area contributed by atoms with Gasteiger partial charge in [0.1, 0.15) is 6.04 Å². The number of imide groups is 1. The van der Waals surface area contributed by atoms with Crippen molar-refractivity contribution in [2.45, 2.75) is 50.5 Å². The number of nitrogens with one attached hydrogen (secondary N) is 3. The van der Waals surface area contributed by atoms with Crippen LogP contribution in [0.2, 0.25) is 0 Å². The van der Waals surface area contributed by atoms with Crippen LogP contribution in [0.5, 0.6) is 0 Å². The van der Waals surface area contributed by atoms with Gasteiger partial charge in [0.05, 0.1) is 12.6 Å². The second-order valence-corrected chi connectivity index (χ2v) is 7.83. The predicted octanol–water partition coefficient (Wildman–Crippen LogP) is 2.00. The van der Waals surface area contributed by atoms with Crippen LogP contribution in [-0.4, -0.2) is 36.1 Å². The van der Waals surface area contributed by atoms with Gasteiger partial charge in [0.25, 0.3) is 5.91 Å². The second kappa shape index (κ2) is 8.49. The highest BCUT2D eigenvalue weighted by Gasteiger charge is 2.28. The molecule has 1 fully saturated rings. The van der Waals surface area contributed by atoms with Crippen molar-refractivity contribution in [1.82, 2.24) is 10.6 Å². The molecule has 30 heavy (non-hydrogen) atoms. The number of amidine groups is 1. The van der Waals surface area contributed by atoms with Crippen LogP contribution in [0.1, 0.15) is 55.6 Å². The number of rotatable bonds is 4. The third kappa shape index (κ3) is 4.25. The molecule has 4 rings (SSSR count). The number of hydrogen-bond acceptors (Lipinski definition) is 6. The van der Waals surface area contributed by atoms with Crippen molar-refractivity contribution in [2.75, 3.05) is 11.9 Å². The Morgan fingerprint density at radius 2 is 2.00 bits per heavy atom. The summed E-state index contributed by atoms with van der Waals surface area (Å²) in [6, 6.07) is 7.25. The van der Waals surface area contributed by atoms with Gasteiger partial charge >= 0.3 is 0 Å². The molecule has 154 valence electrons. The van der Waals surface area contributed by atoms with E-state index in [2.05, 4.69) is 33.1 Å². The molecule has 1 aromatic carbocycles. The number of benzene rings is 1. The molecule has 0 saturated carbocycles. The summed E-state index contributed by atoms with van der Waals surface area (Å²) in [5, 5.41) is 17.1. The molecule has 8 heteroatoms. The molecule has 0 aromatic heterocycles. The molecule has 3 amide bonds. The molecule has 1 unspecified atom stereocenters. The average Bonchev–Trinajstić information content (AvgIpc) is 3.23. The number of nitrogens with zero attached hydrogens (tertiary/aromatic N) is 2. The summed E-state index contributed by atoms with van der Waals surface area (Å²) in [7, 11) is 0. The van der Waals surface area contributed by atoms with Crippen LogP contribution >= 0.6 is 0 Å². The van der Waals surface area contributed by atoms with Crippen LogP contribution in [0, 0.1) is 11.3 Å². The zero-order valence-corrected chi connectivity index (χ0v) is 16.5. The molecule has 3 N–H and O–H groups in total. The van der Waals surface area contributed by atoms with E-state index in [1.807, 2.05) is 18.2 Å². The van der Waals surface area contributed by atoms with E-state index in [4.69, 9.17) is 5.26 Å². The Bertz CT molecular complexity index is 989. The molecule has 1 saturated heterocycles. The minimum Gasteiger partial charge on any atom is -0.349 e. The van der Waals surface area contributed by atoms with Gasteiger partial charge in [-0.15, -0.1) is 0 Å². The lowest BCUT2D eigenvalue weighted by Crippen LogP contribution is -2.37. The number of carbonyl (C=O) groups is 3. The first-order chi connectivity index (χ1) is 14.5. The maximum absolute atomic E-state index is 12.7. The topological polar surface area (TPSA) is 123 Å². The molecule has 2 heterocycles. The van der Waals surface area contributed by atoms with Gasteiger partial charge in [0.15, 0.2) is 5.84 Å². The van der Waals surface area contributed by atoms with Crippen molar-refractivity contribution in [3.63, 3.8) is 0 Å². The summed E-state index contributed by atoms with van der Waals surface area (Å²) in [5.74, 6) is -0.917. The number of allylic oxidation sites excluding steroid dienone is 2. The molecular formula is C22H23N5O3. The lowest BCUT2D eigenvalue weighted by molar-refractivity contribution is -0.133. The van der Waals surface area contributed by atoms with Crippen LogP contribution in [0.4, 0.5) is 5.69 Å². The highest BCUT2D eigenvalue weighted by molar-refractivity contribution is 6.42. The first-order valence-corrected chi connectivity index (χ1v) is 10.2. The maximum atomic E-state index is 12.7. The van der Waals surface area contributed by atoms with E-state index in [1.54, 1.807) is 0 Å². The molecule has 8 nitrogen and oxygen atoms in total. The number of amides is 3. The summed E-state index contributed by atoms with van der Waals surface area (Å²) in [4.78, 5) is 40.4. The Balaban J connectivity index is 1.62. The van der Waals surface area contributed by atoms with E-state index in [1.165, 1.54) is 0 Å². The lowest BCUT2D eigenvalue weighted by Gasteiger charge is -2.24. The Kier molecular flexibility index (Phi) is 5.61. The van der Waals surface area contributed by atoms with Gasteiger partial charge in [-0.25, -0.2) is 0 Å². The lowest BCUT2D eigenvalue weighted by atomic mass is 9.85. The van der Waals surface area contributed by atoms with Gasteiger partial charge in [0.2, 0.25) is 11.8 Å². The monoisotopic (exact) mass is 405 g/mol. The number of piperidine rings is 1. The Morgan fingerprint density at radius 1 is 1.20 bits per heavy atom. The third-order valence-electron chi connectivity index (χ3n) is 5.66. The van der Waals surface area contributed by atoms with Gasteiger partial charge in [0, 0.05) is 30.0 Å². The zero-order chi connectivity index (χ0) is 21.1. The highest BCUT2D eigenvalue weighted by Crippen LogP contribution is 2.36. The largest absolute Gasteiger partial charge is 0.349 e. The summed E-state index contributed by atoms with van der Waals surface area (Å²) in [6.07, 6.45) is 6.83. The summed E-state index contributed by atoms with van der Waals surface area (Å²) in [6.45, 7) is 0.258. The van der Waals surface area contributed by atoms with E-state index >= 15 is 0 Å². The number of hydrogen-bond donors (Lipinski definition) is 3. The molecule has 0 spiro atoms. The minimum absolute atomic E-state index is 0.156. The van der Waals surface area contributed by atoms with Crippen molar-refractivity contribution in [2.24, 2.45) is 4.99 Å². The Morgan fingerprint density at radius 3 is 2.67 bits per heavy atom. The first-order valence-electron chi connectivity index (χ1n) is 10.2. The van der Waals surface area contributed by atoms with Crippen LogP contribution in [0.15, 0.2) is 29.3 Å². The van der Waals surface area contributed by atoms with Crippen molar-refractivity contribution in [3.8, 4) is 6.07 Å². The van der Waals surface area contributed by atoms with Gasteiger partial charge in [-0.05, 0) is 49.0 Å². The first kappa shape index (κ1) is 19.8. The molecule has 3 aliphatic rings. The predicted molar refractivity (Wildman–Crippen MR) is 111 cm³/mol. The summed E-state index contributed by atoms with van der Waals surface area (Å²) in [5.41, 5.74) is 3.64. The van der Waals surface area contributed by atoms with Gasteiger partial charge in [-0.2, -0.15) is 5.26 Å². The molecule has 0 radical (unpaired) electrons. The fraction of sp³-hybridized carbons (Fsp3) is 0.409. The van der Waals surface area contributed by atoms with Crippen molar-refractivity contribution >= 4 is 34.8 Å². The van der Waals surface area contributed by atoms with Crippen molar-refractivity contribution in [1.29, 1.82) is 5.26 Å². The van der Waals surface area contributed by atoms with E-state index in [0.717, 1.165) is 42.4 Å². The quantitative estimate of drug-likeness (QED) is 0.661. The molecule has 1 aromatic rings. The standard InChI is InChI=1S/C22H23N5O3/c23-11-16-12-24-21(25-16)22(30)26-18-7-6-14(15-9-19(28)27-20(29)10-15)8-17(18)13-4-2-1-3-5-13/h4,6-8,15-16H,1-3,5,9-10,12H2,(H,24,25)(H,26,30)(H,27,28,29). The molecule has 1 atom stereocenters. The van der Waals surface area contributed by atoms with Crippen LogP contribution in [-0.2, 0) is 14.4 Å². The van der Waals surface area contributed by atoms with Gasteiger partial charge in [-0.3, -0.25) is 24.7 Å². The van der Waals surface area contributed by atoms with E-state index in [9.17, 15) is 14.4 Å². The van der Waals surface area contributed by atoms with Gasteiger partial charge < -0.3 is 10.6 Å². The summed E-state index contributed by atoms with van der Waals surface area (Å²) >= 11 is 0. The van der Waals surface area contributed by atoms with Crippen LogP contribution in [0.25, 0.3) is 5.57 Å². The Hall–Kier alpha value is -3.47. The smallest absolute Gasteiger partial charge is 0.290 e. The van der Waals surface area contributed by atoms with E-state index in [0.29, 0.717) is 5.69 Å². The van der Waals surface area contributed by atoms with E-state index < -0.39 is 6.04 Å². The molecular weight excluding hydrogens is 382 g/mol.